The third kappa shape index (κ3) is 8.77. The summed E-state index contributed by atoms with van der Waals surface area (Å²) in [5.74, 6) is 1.94. The number of nitrogens with zero attached hydrogens (tertiary/aromatic N) is 2. The lowest BCUT2D eigenvalue weighted by atomic mass is 9.75. The molecular weight excluding hydrogens is 500 g/mol. The predicted molar refractivity (Wildman–Crippen MR) is 160 cm³/mol. The third-order valence-electron chi connectivity index (χ3n) is 8.38. The SMILES string of the molecule is CN(C)CC1CCCCC1c1cccc(OC(=O)/C=C\C(=O)Oc2cccc(C3CCCCC3CN(C)C)c2)c1. The van der Waals surface area contributed by atoms with Gasteiger partial charge in [0.15, 0.2) is 0 Å². The van der Waals surface area contributed by atoms with Crippen molar-refractivity contribution in [3.63, 3.8) is 0 Å². The average molecular weight is 547 g/mol. The number of carbonyl (C=O) groups is 2. The van der Waals surface area contributed by atoms with Crippen molar-refractivity contribution in [2.45, 2.75) is 63.2 Å². The van der Waals surface area contributed by atoms with E-state index in [4.69, 9.17) is 9.47 Å². The molecule has 0 aromatic heterocycles. The maximum Gasteiger partial charge on any atom is 0.336 e. The lowest BCUT2D eigenvalue weighted by Gasteiger charge is -2.34. The molecule has 0 spiro atoms. The van der Waals surface area contributed by atoms with E-state index in [1.165, 1.54) is 49.7 Å². The van der Waals surface area contributed by atoms with Crippen LogP contribution >= 0.6 is 0 Å². The van der Waals surface area contributed by atoms with E-state index in [0.717, 1.165) is 38.1 Å². The number of rotatable bonds is 10. The third-order valence-corrected chi connectivity index (χ3v) is 8.38. The summed E-state index contributed by atoms with van der Waals surface area (Å²) in [5, 5.41) is 0. The first-order chi connectivity index (χ1) is 19.3. The van der Waals surface area contributed by atoms with Gasteiger partial charge in [-0.25, -0.2) is 9.59 Å². The highest BCUT2D eigenvalue weighted by molar-refractivity contribution is 5.93. The summed E-state index contributed by atoms with van der Waals surface area (Å²) in [6.45, 7) is 2.11. The van der Waals surface area contributed by atoms with Crippen LogP contribution < -0.4 is 9.47 Å². The van der Waals surface area contributed by atoms with Gasteiger partial charge in [-0.2, -0.15) is 0 Å². The van der Waals surface area contributed by atoms with Crippen molar-refractivity contribution in [2.24, 2.45) is 11.8 Å². The molecule has 2 fully saturated rings. The zero-order chi connectivity index (χ0) is 28.5. The van der Waals surface area contributed by atoms with Crippen LogP contribution in [0.5, 0.6) is 11.5 Å². The van der Waals surface area contributed by atoms with E-state index in [1.54, 1.807) is 12.1 Å². The molecule has 0 radical (unpaired) electrons. The Morgan fingerprint density at radius 2 is 1.07 bits per heavy atom. The molecule has 0 bridgehead atoms. The van der Waals surface area contributed by atoms with E-state index in [9.17, 15) is 9.59 Å². The number of ether oxygens (including phenoxy) is 2. The smallest absolute Gasteiger partial charge is 0.336 e. The molecule has 4 rings (SSSR count). The molecule has 2 aromatic carbocycles. The molecule has 2 aliphatic carbocycles. The molecule has 4 atom stereocenters. The van der Waals surface area contributed by atoms with E-state index in [0.29, 0.717) is 35.2 Å². The molecule has 0 saturated heterocycles. The van der Waals surface area contributed by atoms with Gasteiger partial charge in [-0.3, -0.25) is 0 Å². The predicted octanol–water partition coefficient (Wildman–Crippen LogP) is 6.42. The molecule has 0 aliphatic heterocycles. The van der Waals surface area contributed by atoms with Gasteiger partial charge in [0.05, 0.1) is 0 Å². The summed E-state index contributed by atoms with van der Waals surface area (Å²) < 4.78 is 11.1. The first-order valence-corrected chi connectivity index (χ1v) is 14.9. The second kappa shape index (κ2) is 14.6. The second-order valence-corrected chi connectivity index (χ2v) is 12.1. The highest BCUT2D eigenvalue weighted by Gasteiger charge is 2.28. The Labute approximate surface area is 240 Å². The van der Waals surface area contributed by atoms with Crippen molar-refractivity contribution in [2.75, 3.05) is 41.3 Å². The Bertz CT molecular complexity index is 1070. The highest BCUT2D eigenvalue weighted by Crippen LogP contribution is 2.40. The van der Waals surface area contributed by atoms with Crippen molar-refractivity contribution >= 4 is 11.9 Å². The monoisotopic (exact) mass is 546 g/mol. The van der Waals surface area contributed by atoms with E-state index < -0.39 is 11.9 Å². The largest absolute Gasteiger partial charge is 0.423 e. The van der Waals surface area contributed by atoms with E-state index in [1.807, 2.05) is 24.3 Å². The molecule has 216 valence electrons. The Balaban J connectivity index is 1.34. The van der Waals surface area contributed by atoms with Crippen LogP contribution in [0.2, 0.25) is 0 Å². The van der Waals surface area contributed by atoms with Crippen molar-refractivity contribution in [1.82, 2.24) is 9.80 Å². The highest BCUT2D eigenvalue weighted by atomic mass is 16.5. The van der Waals surface area contributed by atoms with Crippen molar-refractivity contribution < 1.29 is 19.1 Å². The summed E-state index contributed by atoms with van der Waals surface area (Å²) in [4.78, 5) is 29.6. The Morgan fingerprint density at radius 3 is 1.48 bits per heavy atom. The number of esters is 2. The maximum atomic E-state index is 12.5. The maximum absolute atomic E-state index is 12.5. The standard InChI is InChI=1S/C34H46N2O4/c1-35(2)23-27-11-5-7-17-31(27)25-13-9-15-29(21-25)39-33(37)19-20-34(38)40-30-16-10-14-26(22-30)32-18-8-6-12-28(32)24-36(3)4/h9-10,13-16,19-22,27-28,31-32H,5-8,11-12,17-18,23-24H2,1-4H3/b20-19-. The van der Waals surface area contributed by atoms with E-state index in [-0.39, 0.29) is 0 Å². The molecule has 2 aromatic rings. The second-order valence-electron chi connectivity index (χ2n) is 12.1. The zero-order valence-corrected chi connectivity index (χ0v) is 24.7. The van der Waals surface area contributed by atoms with E-state index >= 15 is 0 Å². The first kappa shape index (κ1) is 30.0. The summed E-state index contributed by atoms with van der Waals surface area (Å²) >= 11 is 0. The molecule has 0 N–H and O–H groups in total. The van der Waals surface area contributed by atoms with Gasteiger partial charge in [0.2, 0.25) is 0 Å². The van der Waals surface area contributed by atoms with E-state index in [2.05, 4.69) is 50.1 Å². The molecule has 0 amide bonds. The van der Waals surface area contributed by atoms with Gasteiger partial charge in [0, 0.05) is 25.2 Å². The number of benzene rings is 2. The lowest BCUT2D eigenvalue weighted by molar-refractivity contribution is -0.131. The topological polar surface area (TPSA) is 59.1 Å². The minimum Gasteiger partial charge on any atom is -0.423 e. The minimum absolute atomic E-state index is 0.461. The normalized spacial score (nSPS) is 23.4. The average Bonchev–Trinajstić information content (AvgIpc) is 2.92. The van der Waals surface area contributed by atoms with Gasteiger partial charge in [-0.1, -0.05) is 49.9 Å². The molecular formula is C34H46N2O4. The molecule has 0 heterocycles. The Kier molecular flexibility index (Phi) is 11.0. The van der Waals surface area contributed by atoms with Crippen LogP contribution in [0, 0.1) is 11.8 Å². The summed E-state index contributed by atoms with van der Waals surface area (Å²) in [5.41, 5.74) is 2.43. The van der Waals surface area contributed by atoms with Crippen LogP contribution in [0.1, 0.15) is 74.3 Å². The van der Waals surface area contributed by atoms with Crippen LogP contribution in [0.4, 0.5) is 0 Å². The summed E-state index contributed by atoms with van der Waals surface area (Å²) in [6.07, 6.45) is 12.0. The zero-order valence-electron chi connectivity index (χ0n) is 24.7. The van der Waals surface area contributed by atoms with Gasteiger partial charge < -0.3 is 19.3 Å². The molecule has 2 aliphatic rings. The minimum atomic E-state index is -0.593. The quantitative estimate of drug-likeness (QED) is 0.195. The van der Waals surface area contributed by atoms with Crippen LogP contribution in [-0.2, 0) is 9.59 Å². The van der Waals surface area contributed by atoms with Crippen LogP contribution in [0.25, 0.3) is 0 Å². The van der Waals surface area contributed by atoms with Crippen LogP contribution in [0.3, 0.4) is 0 Å². The Hall–Kier alpha value is -2.96. The molecule has 40 heavy (non-hydrogen) atoms. The molecule has 6 nitrogen and oxygen atoms in total. The van der Waals surface area contributed by atoms with Crippen molar-refractivity contribution in [3.05, 3.63) is 71.8 Å². The Morgan fingerprint density at radius 1 is 0.675 bits per heavy atom. The fourth-order valence-corrected chi connectivity index (χ4v) is 6.72. The molecule has 2 saturated carbocycles. The van der Waals surface area contributed by atoms with Crippen molar-refractivity contribution in [3.8, 4) is 11.5 Å². The number of carbonyl (C=O) groups excluding carboxylic acids is 2. The molecule has 6 heteroatoms. The summed E-state index contributed by atoms with van der Waals surface area (Å²) in [6, 6.07) is 15.7. The molecule has 4 unspecified atom stereocenters. The number of hydrogen-bond donors (Lipinski definition) is 0. The van der Waals surface area contributed by atoms with Gasteiger partial charge in [-0.15, -0.1) is 0 Å². The van der Waals surface area contributed by atoms with Gasteiger partial charge in [0.1, 0.15) is 11.5 Å². The van der Waals surface area contributed by atoms with Crippen molar-refractivity contribution in [1.29, 1.82) is 0 Å². The summed E-state index contributed by atoms with van der Waals surface area (Å²) in [7, 11) is 8.49. The first-order valence-electron chi connectivity index (χ1n) is 14.9. The van der Waals surface area contributed by atoms with Gasteiger partial charge in [-0.05, 0) is 113 Å². The van der Waals surface area contributed by atoms with Crippen LogP contribution in [0.15, 0.2) is 60.7 Å². The van der Waals surface area contributed by atoms with Gasteiger partial charge >= 0.3 is 11.9 Å². The lowest BCUT2D eigenvalue weighted by Crippen LogP contribution is -2.29. The van der Waals surface area contributed by atoms with Gasteiger partial charge in [0.25, 0.3) is 0 Å². The number of hydrogen-bond acceptors (Lipinski definition) is 6. The fraction of sp³-hybridized carbons (Fsp3) is 0.529. The van der Waals surface area contributed by atoms with Crippen LogP contribution in [-0.4, -0.2) is 63.0 Å². The fourth-order valence-electron chi connectivity index (χ4n) is 6.72.